The summed E-state index contributed by atoms with van der Waals surface area (Å²) in [6, 6.07) is 0. The molecule has 0 aliphatic rings. The second kappa shape index (κ2) is 5.21. The summed E-state index contributed by atoms with van der Waals surface area (Å²) in [6.07, 6.45) is -2.48. The molecule has 0 fully saturated rings. The number of aldehydes is 1. The van der Waals surface area contributed by atoms with E-state index in [0.29, 0.717) is 6.08 Å². The highest BCUT2D eigenvalue weighted by molar-refractivity contribution is 5.78. The maximum Gasteiger partial charge on any atom is 0.412 e. The summed E-state index contributed by atoms with van der Waals surface area (Å²) >= 11 is 0. The molecular formula is C8H8F3NO2. The van der Waals surface area contributed by atoms with Gasteiger partial charge < -0.3 is 5.32 Å². The Morgan fingerprint density at radius 3 is 2.21 bits per heavy atom. The molecule has 0 saturated heterocycles. The van der Waals surface area contributed by atoms with Crippen LogP contribution in [0.1, 0.15) is 6.92 Å². The van der Waals surface area contributed by atoms with E-state index in [1.54, 1.807) is 0 Å². The molecule has 0 radical (unpaired) electrons. The zero-order valence-corrected chi connectivity index (χ0v) is 7.26. The van der Waals surface area contributed by atoms with Crippen LogP contribution in [0, 0.1) is 0 Å². The van der Waals surface area contributed by atoms with Crippen LogP contribution >= 0.6 is 0 Å². The van der Waals surface area contributed by atoms with Gasteiger partial charge in [-0.05, 0) is 13.0 Å². The van der Waals surface area contributed by atoms with E-state index in [0.717, 1.165) is 13.1 Å². The second-order valence-electron chi connectivity index (χ2n) is 2.37. The number of carbonyl (C=O) groups excluding carboxylic acids is 2. The molecule has 1 amide bonds. The smallest absolute Gasteiger partial charge is 0.335 e. The second-order valence-corrected chi connectivity index (χ2v) is 2.37. The van der Waals surface area contributed by atoms with Crippen LogP contribution in [0.3, 0.4) is 0 Å². The SMILES string of the molecule is C/C(=C\C(C=O)=C/NC=O)C(F)(F)F. The fourth-order valence-corrected chi connectivity index (χ4v) is 0.572. The number of rotatable bonds is 4. The quantitative estimate of drug-likeness (QED) is 0.429. The molecule has 0 heterocycles. The van der Waals surface area contributed by atoms with E-state index in [1.165, 1.54) is 0 Å². The van der Waals surface area contributed by atoms with E-state index in [1.807, 2.05) is 5.32 Å². The van der Waals surface area contributed by atoms with Crippen molar-refractivity contribution in [1.29, 1.82) is 0 Å². The van der Waals surface area contributed by atoms with Crippen molar-refractivity contribution in [2.75, 3.05) is 0 Å². The van der Waals surface area contributed by atoms with E-state index in [9.17, 15) is 22.8 Å². The third-order valence-electron chi connectivity index (χ3n) is 1.28. The highest BCUT2D eigenvalue weighted by Crippen LogP contribution is 2.25. The maximum atomic E-state index is 12.0. The van der Waals surface area contributed by atoms with Crippen molar-refractivity contribution in [2.24, 2.45) is 0 Å². The molecule has 0 bridgehead atoms. The lowest BCUT2D eigenvalue weighted by Gasteiger charge is -2.05. The number of hydrogen-bond donors (Lipinski definition) is 1. The largest absolute Gasteiger partial charge is 0.412 e. The topological polar surface area (TPSA) is 46.2 Å². The molecule has 0 aliphatic carbocycles. The molecule has 78 valence electrons. The summed E-state index contributed by atoms with van der Waals surface area (Å²) in [7, 11) is 0. The van der Waals surface area contributed by atoms with Crippen LogP contribution in [0.2, 0.25) is 0 Å². The average Bonchev–Trinajstić information content (AvgIpc) is 2.10. The van der Waals surface area contributed by atoms with Gasteiger partial charge in [-0.2, -0.15) is 13.2 Å². The molecular weight excluding hydrogens is 199 g/mol. The van der Waals surface area contributed by atoms with Gasteiger partial charge in [-0.15, -0.1) is 0 Å². The molecule has 0 rings (SSSR count). The molecule has 14 heavy (non-hydrogen) atoms. The van der Waals surface area contributed by atoms with Gasteiger partial charge in [0.15, 0.2) is 6.29 Å². The average molecular weight is 207 g/mol. The third kappa shape index (κ3) is 4.44. The van der Waals surface area contributed by atoms with Gasteiger partial charge in [0, 0.05) is 17.3 Å². The van der Waals surface area contributed by atoms with E-state index in [2.05, 4.69) is 0 Å². The molecule has 0 aliphatic heterocycles. The molecule has 6 heteroatoms. The highest BCUT2D eigenvalue weighted by Gasteiger charge is 2.29. The summed E-state index contributed by atoms with van der Waals surface area (Å²) in [5.41, 5.74) is -1.17. The predicted octanol–water partition coefficient (Wildman–Crippen LogP) is 1.32. The summed E-state index contributed by atoms with van der Waals surface area (Å²) in [5, 5.41) is 1.97. The molecule has 0 unspecified atom stereocenters. The lowest BCUT2D eigenvalue weighted by atomic mass is 10.2. The molecule has 0 aromatic heterocycles. The van der Waals surface area contributed by atoms with Crippen molar-refractivity contribution in [1.82, 2.24) is 5.32 Å². The van der Waals surface area contributed by atoms with Crippen LogP contribution in [-0.4, -0.2) is 18.9 Å². The van der Waals surface area contributed by atoms with Crippen LogP contribution in [-0.2, 0) is 9.59 Å². The molecule has 0 saturated carbocycles. The predicted molar refractivity (Wildman–Crippen MR) is 43.2 cm³/mol. The number of carbonyl (C=O) groups is 2. The van der Waals surface area contributed by atoms with Crippen LogP contribution in [0.5, 0.6) is 0 Å². The van der Waals surface area contributed by atoms with Gasteiger partial charge in [0.1, 0.15) is 0 Å². The van der Waals surface area contributed by atoms with E-state index >= 15 is 0 Å². The van der Waals surface area contributed by atoms with Gasteiger partial charge in [-0.25, -0.2) is 0 Å². The Bertz CT molecular complexity index is 279. The molecule has 0 spiro atoms. The van der Waals surface area contributed by atoms with Gasteiger partial charge in [0.05, 0.1) is 0 Å². The summed E-state index contributed by atoms with van der Waals surface area (Å²) in [4.78, 5) is 20.0. The fraction of sp³-hybridized carbons (Fsp3) is 0.250. The summed E-state index contributed by atoms with van der Waals surface area (Å²) in [6.45, 7) is 0.832. The van der Waals surface area contributed by atoms with E-state index in [-0.39, 0.29) is 18.3 Å². The Hall–Kier alpha value is -1.59. The monoisotopic (exact) mass is 207 g/mol. The standard InChI is InChI=1S/C8H8F3NO2/c1-6(8(9,10)11)2-7(4-13)3-12-5-14/h2-5H,1H3,(H,12,14)/b6-2+,7-3+. The molecule has 0 aromatic carbocycles. The number of allylic oxidation sites excluding steroid dienone is 3. The van der Waals surface area contributed by atoms with Gasteiger partial charge in [0.25, 0.3) is 0 Å². The minimum atomic E-state index is -4.47. The van der Waals surface area contributed by atoms with Crippen molar-refractivity contribution < 1.29 is 22.8 Å². The van der Waals surface area contributed by atoms with Crippen LogP contribution in [0.4, 0.5) is 13.2 Å². The Kier molecular flexibility index (Phi) is 4.62. The van der Waals surface area contributed by atoms with Crippen molar-refractivity contribution in [3.63, 3.8) is 0 Å². The number of alkyl halides is 3. The van der Waals surface area contributed by atoms with Crippen molar-refractivity contribution in [3.8, 4) is 0 Å². The van der Waals surface area contributed by atoms with Crippen LogP contribution in [0.25, 0.3) is 0 Å². The van der Waals surface area contributed by atoms with E-state index < -0.39 is 11.7 Å². The van der Waals surface area contributed by atoms with Crippen LogP contribution < -0.4 is 5.32 Å². The van der Waals surface area contributed by atoms with Crippen molar-refractivity contribution >= 4 is 12.7 Å². The van der Waals surface area contributed by atoms with Crippen molar-refractivity contribution in [3.05, 3.63) is 23.4 Å². The first kappa shape index (κ1) is 12.4. The Morgan fingerprint density at radius 1 is 1.29 bits per heavy atom. The summed E-state index contributed by atoms with van der Waals surface area (Å²) < 4.78 is 35.9. The molecule has 1 N–H and O–H groups in total. The number of nitrogens with one attached hydrogen (secondary N) is 1. The van der Waals surface area contributed by atoms with Gasteiger partial charge in [0.2, 0.25) is 6.41 Å². The number of hydrogen-bond acceptors (Lipinski definition) is 2. The van der Waals surface area contributed by atoms with E-state index in [4.69, 9.17) is 0 Å². The summed E-state index contributed by atoms with van der Waals surface area (Å²) in [5.74, 6) is 0. The lowest BCUT2D eigenvalue weighted by Crippen LogP contribution is -2.10. The first-order valence-electron chi connectivity index (χ1n) is 3.52. The number of halogens is 3. The molecule has 0 atom stereocenters. The molecule has 3 nitrogen and oxygen atoms in total. The third-order valence-corrected chi connectivity index (χ3v) is 1.28. The minimum absolute atomic E-state index is 0.214. The Morgan fingerprint density at radius 2 is 1.86 bits per heavy atom. The minimum Gasteiger partial charge on any atom is -0.335 e. The Balaban J connectivity index is 4.75. The maximum absolute atomic E-state index is 12.0. The molecule has 0 aromatic rings. The zero-order chi connectivity index (χ0) is 11.2. The van der Waals surface area contributed by atoms with Gasteiger partial charge >= 0.3 is 6.18 Å². The first-order valence-corrected chi connectivity index (χ1v) is 3.52. The Labute approximate surface area is 78.3 Å². The van der Waals surface area contributed by atoms with Crippen molar-refractivity contribution in [2.45, 2.75) is 13.1 Å². The lowest BCUT2D eigenvalue weighted by molar-refractivity contribution is -0.108. The normalized spacial score (nSPS) is 13.7. The van der Waals surface area contributed by atoms with Gasteiger partial charge in [-0.1, -0.05) is 0 Å². The fourth-order valence-electron chi connectivity index (χ4n) is 0.572. The highest BCUT2D eigenvalue weighted by atomic mass is 19.4. The number of amides is 1. The van der Waals surface area contributed by atoms with Gasteiger partial charge in [-0.3, -0.25) is 9.59 Å². The van der Waals surface area contributed by atoms with Crippen LogP contribution in [0.15, 0.2) is 23.4 Å². The first-order chi connectivity index (χ1) is 6.41. The zero-order valence-electron chi connectivity index (χ0n) is 7.26.